The van der Waals surface area contributed by atoms with E-state index in [4.69, 9.17) is 0 Å². The van der Waals surface area contributed by atoms with E-state index in [1.807, 2.05) is 14.0 Å². The smallest absolute Gasteiger partial charge is 0.150 e. The van der Waals surface area contributed by atoms with Gasteiger partial charge >= 0.3 is 0 Å². The number of nitrogens with one attached hydrogen (secondary N) is 1. The molecule has 0 amide bonds. The zero-order chi connectivity index (χ0) is 13.2. The summed E-state index contributed by atoms with van der Waals surface area (Å²) in [4.78, 5) is 4.48. The van der Waals surface area contributed by atoms with E-state index in [-0.39, 0.29) is 5.92 Å². The van der Waals surface area contributed by atoms with Crippen LogP contribution in [0, 0.1) is 18.8 Å². The van der Waals surface area contributed by atoms with Crippen LogP contribution in [-0.2, 0) is 16.3 Å². The van der Waals surface area contributed by atoms with E-state index >= 15 is 0 Å². The van der Waals surface area contributed by atoms with Gasteiger partial charge in [0.1, 0.15) is 0 Å². The topological polar surface area (TPSA) is 59.1 Å². The lowest BCUT2D eigenvalue weighted by Crippen LogP contribution is -2.28. The first kappa shape index (κ1) is 14.0. The molecule has 2 rings (SSSR count). The van der Waals surface area contributed by atoms with Crippen LogP contribution in [0.4, 0.5) is 0 Å². The lowest BCUT2D eigenvalue weighted by molar-refractivity contribution is 0.351. The zero-order valence-corrected chi connectivity index (χ0v) is 12.5. The Kier molecular flexibility index (Phi) is 4.40. The van der Waals surface area contributed by atoms with Gasteiger partial charge in [-0.05, 0) is 38.8 Å². The minimum Gasteiger partial charge on any atom is -0.319 e. The highest BCUT2D eigenvalue weighted by Crippen LogP contribution is 2.29. The molecule has 1 aliphatic rings. The van der Waals surface area contributed by atoms with Gasteiger partial charge in [-0.2, -0.15) is 0 Å². The second kappa shape index (κ2) is 5.67. The Balaban J connectivity index is 2.04. The van der Waals surface area contributed by atoms with Crippen LogP contribution in [0.5, 0.6) is 0 Å². The van der Waals surface area contributed by atoms with Crippen LogP contribution in [-0.4, -0.2) is 38.5 Å². The molecular formula is C12H20N2O2S2. The van der Waals surface area contributed by atoms with Crippen molar-refractivity contribution < 1.29 is 8.42 Å². The molecule has 102 valence electrons. The Morgan fingerprint density at radius 2 is 2.39 bits per heavy atom. The molecule has 0 saturated carbocycles. The van der Waals surface area contributed by atoms with Crippen molar-refractivity contribution in [1.29, 1.82) is 0 Å². The SMILES string of the molecule is CNCC(Cc1nc(C)cs1)C1CCS(=O)(=O)C1. The molecule has 1 N–H and O–H groups in total. The summed E-state index contributed by atoms with van der Waals surface area (Å²) in [7, 11) is -0.870. The number of rotatable bonds is 5. The lowest BCUT2D eigenvalue weighted by atomic mass is 9.89. The lowest BCUT2D eigenvalue weighted by Gasteiger charge is -2.21. The highest BCUT2D eigenvalue weighted by Gasteiger charge is 2.33. The van der Waals surface area contributed by atoms with Gasteiger partial charge in [0.25, 0.3) is 0 Å². The summed E-state index contributed by atoms with van der Waals surface area (Å²) in [5.41, 5.74) is 1.05. The molecule has 0 aromatic carbocycles. The van der Waals surface area contributed by atoms with Crippen molar-refractivity contribution in [3.05, 3.63) is 16.1 Å². The molecule has 0 bridgehead atoms. The van der Waals surface area contributed by atoms with E-state index in [2.05, 4.69) is 15.7 Å². The quantitative estimate of drug-likeness (QED) is 0.886. The number of aryl methyl sites for hydroxylation is 1. The molecule has 2 atom stereocenters. The second-order valence-electron chi connectivity index (χ2n) is 5.07. The fraction of sp³-hybridized carbons (Fsp3) is 0.750. The molecule has 1 fully saturated rings. The van der Waals surface area contributed by atoms with Gasteiger partial charge in [0.2, 0.25) is 0 Å². The molecule has 2 heterocycles. The van der Waals surface area contributed by atoms with Gasteiger partial charge in [-0.1, -0.05) is 0 Å². The molecule has 1 saturated heterocycles. The fourth-order valence-electron chi connectivity index (χ4n) is 2.58. The molecule has 1 aromatic rings. The summed E-state index contributed by atoms with van der Waals surface area (Å²) in [5.74, 6) is 1.36. The predicted molar refractivity (Wildman–Crippen MR) is 74.7 cm³/mol. The van der Waals surface area contributed by atoms with E-state index < -0.39 is 9.84 Å². The molecule has 1 aliphatic heterocycles. The van der Waals surface area contributed by atoms with Crippen molar-refractivity contribution >= 4 is 21.2 Å². The second-order valence-corrected chi connectivity index (χ2v) is 8.24. The normalized spacial score (nSPS) is 24.2. The Morgan fingerprint density at radius 3 is 2.89 bits per heavy atom. The average molecular weight is 288 g/mol. The summed E-state index contributed by atoms with van der Waals surface area (Å²) in [6.45, 7) is 2.85. The summed E-state index contributed by atoms with van der Waals surface area (Å²) in [5, 5.41) is 6.36. The number of sulfone groups is 1. The largest absolute Gasteiger partial charge is 0.319 e. The summed E-state index contributed by atoms with van der Waals surface area (Å²) >= 11 is 1.67. The van der Waals surface area contributed by atoms with Crippen molar-refractivity contribution in [1.82, 2.24) is 10.3 Å². The highest BCUT2D eigenvalue weighted by atomic mass is 32.2. The summed E-state index contributed by atoms with van der Waals surface area (Å²) in [6, 6.07) is 0. The third-order valence-corrected chi connectivity index (χ3v) is 6.29. The molecule has 18 heavy (non-hydrogen) atoms. The van der Waals surface area contributed by atoms with E-state index in [1.165, 1.54) is 0 Å². The maximum absolute atomic E-state index is 11.6. The predicted octanol–water partition coefficient (Wildman–Crippen LogP) is 1.26. The maximum Gasteiger partial charge on any atom is 0.150 e. The van der Waals surface area contributed by atoms with Gasteiger partial charge in [0, 0.05) is 17.5 Å². The van der Waals surface area contributed by atoms with Crippen LogP contribution >= 0.6 is 11.3 Å². The molecule has 6 heteroatoms. The minimum absolute atomic E-state index is 0.284. The fourth-order valence-corrected chi connectivity index (χ4v) is 5.37. The Bertz CT molecular complexity index is 496. The van der Waals surface area contributed by atoms with E-state index in [0.29, 0.717) is 17.4 Å². The molecular weight excluding hydrogens is 268 g/mol. The first-order valence-corrected chi connectivity index (χ1v) is 8.96. The number of hydrogen-bond acceptors (Lipinski definition) is 5. The molecule has 0 radical (unpaired) electrons. The van der Waals surface area contributed by atoms with Crippen LogP contribution in [0.25, 0.3) is 0 Å². The van der Waals surface area contributed by atoms with Crippen molar-refractivity contribution in [2.75, 3.05) is 25.1 Å². The average Bonchev–Trinajstić information content (AvgIpc) is 2.84. The number of thiazole rings is 1. The first-order valence-electron chi connectivity index (χ1n) is 6.26. The van der Waals surface area contributed by atoms with Crippen LogP contribution in [0.2, 0.25) is 0 Å². The molecule has 0 aliphatic carbocycles. The van der Waals surface area contributed by atoms with Gasteiger partial charge in [-0.25, -0.2) is 13.4 Å². The molecule has 2 unspecified atom stereocenters. The monoisotopic (exact) mass is 288 g/mol. The van der Waals surface area contributed by atoms with Crippen molar-refractivity contribution in [3.8, 4) is 0 Å². The van der Waals surface area contributed by atoms with Crippen LogP contribution < -0.4 is 5.32 Å². The van der Waals surface area contributed by atoms with Crippen LogP contribution in [0.1, 0.15) is 17.1 Å². The Hall–Kier alpha value is -0.460. The van der Waals surface area contributed by atoms with E-state index in [1.54, 1.807) is 11.3 Å². The number of aromatic nitrogens is 1. The summed E-state index contributed by atoms with van der Waals surface area (Å²) in [6.07, 6.45) is 1.69. The highest BCUT2D eigenvalue weighted by molar-refractivity contribution is 7.91. The van der Waals surface area contributed by atoms with Crippen LogP contribution in [0.3, 0.4) is 0 Å². The minimum atomic E-state index is -2.79. The van der Waals surface area contributed by atoms with E-state index in [9.17, 15) is 8.42 Å². The van der Waals surface area contributed by atoms with Crippen molar-refractivity contribution in [2.45, 2.75) is 19.8 Å². The number of hydrogen-bond donors (Lipinski definition) is 1. The molecule has 1 aromatic heterocycles. The standard InChI is InChI=1S/C12H20N2O2S2/c1-9-7-17-12(14-9)5-11(6-13-2)10-3-4-18(15,16)8-10/h7,10-11,13H,3-6,8H2,1-2H3. The first-order chi connectivity index (χ1) is 8.50. The Labute approximate surface area is 113 Å². The van der Waals surface area contributed by atoms with Gasteiger partial charge in [0.05, 0.1) is 16.5 Å². The van der Waals surface area contributed by atoms with Crippen molar-refractivity contribution in [2.24, 2.45) is 11.8 Å². The Morgan fingerprint density at radius 1 is 1.61 bits per heavy atom. The maximum atomic E-state index is 11.6. The zero-order valence-electron chi connectivity index (χ0n) is 10.8. The van der Waals surface area contributed by atoms with Crippen LogP contribution in [0.15, 0.2) is 5.38 Å². The molecule has 4 nitrogen and oxygen atoms in total. The van der Waals surface area contributed by atoms with Crippen molar-refractivity contribution in [3.63, 3.8) is 0 Å². The third-order valence-electron chi connectivity index (χ3n) is 3.50. The number of nitrogens with zero attached hydrogens (tertiary/aromatic N) is 1. The third kappa shape index (κ3) is 3.52. The summed E-state index contributed by atoms with van der Waals surface area (Å²) < 4.78 is 23.1. The van der Waals surface area contributed by atoms with Gasteiger partial charge in [-0.15, -0.1) is 11.3 Å². The van der Waals surface area contributed by atoms with Gasteiger partial charge in [0.15, 0.2) is 9.84 Å². The van der Waals surface area contributed by atoms with Gasteiger partial charge < -0.3 is 5.32 Å². The molecule has 0 spiro atoms. The van der Waals surface area contributed by atoms with Gasteiger partial charge in [-0.3, -0.25) is 0 Å². The van der Waals surface area contributed by atoms with E-state index in [0.717, 1.165) is 30.1 Å².